The molecule has 1 heterocycles. The van der Waals surface area contributed by atoms with Crippen molar-refractivity contribution < 1.29 is 24.2 Å². The Morgan fingerprint density at radius 2 is 1.59 bits per heavy atom. The monoisotopic (exact) mass is 527 g/mol. The summed E-state index contributed by atoms with van der Waals surface area (Å²) < 4.78 is 5.57. The van der Waals surface area contributed by atoms with Gasteiger partial charge in [-0.05, 0) is 41.2 Å². The van der Waals surface area contributed by atoms with Crippen LogP contribution >= 0.6 is 0 Å². The summed E-state index contributed by atoms with van der Waals surface area (Å²) in [5.74, 6) is -1.53. The highest BCUT2D eigenvalue weighted by Gasteiger charge is 2.46. The van der Waals surface area contributed by atoms with Gasteiger partial charge in [-0.1, -0.05) is 78.9 Å². The SMILES string of the molecule is C[C@@H](CC(=O)NC1(C(=O)O)CCN(Cc2ccccc2)C1)NC(=O)OCC1c2ccccc2-c2ccccc21. The molecule has 8 nitrogen and oxygen atoms in total. The Kier molecular flexibility index (Phi) is 7.65. The zero-order chi connectivity index (χ0) is 27.4. The van der Waals surface area contributed by atoms with Crippen LogP contribution in [-0.2, 0) is 20.9 Å². The molecular weight excluding hydrogens is 494 g/mol. The molecule has 39 heavy (non-hydrogen) atoms. The summed E-state index contributed by atoms with van der Waals surface area (Å²) in [6, 6.07) is 25.5. The molecule has 1 saturated heterocycles. The lowest BCUT2D eigenvalue weighted by Gasteiger charge is -2.27. The van der Waals surface area contributed by atoms with Gasteiger partial charge < -0.3 is 20.5 Å². The summed E-state index contributed by atoms with van der Waals surface area (Å²) in [4.78, 5) is 39.6. The van der Waals surface area contributed by atoms with Crippen LogP contribution in [0.4, 0.5) is 4.79 Å². The van der Waals surface area contributed by atoms with Gasteiger partial charge in [0.05, 0.1) is 0 Å². The molecule has 3 N–H and O–H groups in total. The fourth-order valence-corrected chi connectivity index (χ4v) is 5.68. The van der Waals surface area contributed by atoms with E-state index in [4.69, 9.17) is 4.74 Å². The van der Waals surface area contributed by atoms with Gasteiger partial charge in [-0.15, -0.1) is 0 Å². The first kappa shape index (κ1) is 26.4. The number of aliphatic carboxylic acids is 1. The molecule has 2 amide bonds. The Balaban J connectivity index is 1.12. The molecule has 2 aliphatic rings. The number of hydrogen-bond donors (Lipinski definition) is 3. The van der Waals surface area contributed by atoms with Gasteiger partial charge in [0.25, 0.3) is 0 Å². The number of carboxylic acids is 1. The number of fused-ring (bicyclic) bond motifs is 3. The molecule has 1 aliphatic heterocycles. The molecule has 0 spiro atoms. The average molecular weight is 528 g/mol. The minimum Gasteiger partial charge on any atom is -0.479 e. The van der Waals surface area contributed by atoms with Crippen molar-refractivity contribution in [3.63, 3.8) is 0 Å². The van der Waals surface area contributed by atoms with Crippen LogP contribution in [0.5, 0.6) is 0 Å². The van der Waals surface area contributed by atoms with Gasteiger partial charge in [0, 0.05) is 38.0 Å². The molecule has 1 fully saturated rings. The second-order valence-electron chi connectivity index (χ2n) is 10.5. The van der Waals surface area contributed by atoms with E-state index < -0.39 is 29.6 Å². The van der Waals surface area contributed by atoms with E-state index in [1.807, 2.05) is 59.5 Å². The summed E-state index contributed by atoms with van der Waals surface area (Å²) in [6.07, 6.45) is -0.354. The van der Waals surface area contributed by atoms with E-state index in [1.54, 1.807) is 6.92 Å². The molecule has 1 unspecified atom stereocenters. The molecule has 0 saturated carbocycles. The first-order chi connectivity index (χ1) is 18.8. The van der Waals surface area contributed by atoms with E-state index in [-0.39, 0.29) is 25.5 Å². The predicted molar refractivity (Wildman–Crippen MR) is 147 cm³/mol. The summed E-state index contributed by atoms with van der Waals surface area (Å²) in [5.41, 5.74) is 4.27. The fourth-order valence-electron chi connectivity index (χ4n) is 5.68. The normalized spacial score (nSPS) is 19.1. The number of alkyl carbamates (subject to hydrolysis) is 1. The van der Waals surface area contributed by atoms with Crippen molar-refractivity contribution in [1.29, 1.82) is 0 Å². The van der Waals surface area contributed by atoms with Crippen molar-refractivity contribution in [1.82, 2.24) is 15.5 Å². The minimum absolute atomic E-state index is 0.0571. The van der Waals surface area contributed by atoms with Gasteiger partial charge in [0.2, 0.25) is 5.91 Å². The van der Waals surface area contributed by atoms with E-state index in [2.05, 4.69) is 34.9 Å². The van der Waals surface area contributed by atoms with Gasteiger partial charge in [-0.2, -0.15) is 0 Å². The highest BCUT2D eigenvalue weighted by atomic mass is 16.5. The van der Waals surface area contributed by atoms with E-state index in [1.165, 1.54) is 0 Å². The van der Waals surface area contributed by atoms with Crippen LogP contribution in [0.1, 0.15) is 42.4 Å². The van der Waals surface area contributed by atoms with Gasteiger partial charge >= 0.3 is 12.1 Å². The third-order valence-corrected chi connectivity index (χ3v) is 7.58. The number of benzene rings is 3. The maximum atomic E-state index is 12.8. The Morgan fingerprint density at radius 3 is 2.23 bits per heavy atom. The molecule has 2 atom stereocenters. The number of rotatable bonds is 9. The number of likely N-dealkylation sites (tertiary alicyclic amines) is 1. The summed E-state index contributed by atoms with van der Waals surface area (Å²) in [5, 5.41) is 15.4. The second kappa shape index (κ2) is 11.3. The van der Waals surface area contributed by atoms with Crippen LogP contribution in [0, 0.1) is 0 Å². The molecule has 0 aromatic heterocycles. The second-order valence-corrected chi connectivity index (χ2v) is 10.5. The zero-order valence-corrected chi connectivity index (χ0v) is 21.9. The van der Waals surface area contributed by atoms with E-state index in [0.717, 1.165) is 27.8 Å². The Bertz CT molecular complexity index is 1320. The van der Waals surface area contributed by atoms with Gasteiger partial charge in [0.1, 0.15) is 6.61 Å². The number of amides is 2. The van der Waals surface area contributed by atoms with Crippen LogP contribution in [0.2, 0.25) is 0 Å². The third-order valence-electron chi connectivity index (χ3n) is 7.58. The van der Waals surface area contributed by atoms with Crippen molar-refractivity contribution in [3.05, 3.63) is 95.6 Å². The minimum atomic E-state index is -1.35. The summed E-state index contributed by atoms with van der Waals surface area (Å²) in [6.45, 7) is 3.28. The van der Waals surface area contributed by atoms with Crippen molar-refractivity contribution in [2.24, 2.45) is 0 Å². The molecular formula is C31H33N3O5. The van der Waals surface area contributed by atoms with Gasteiger partial charge in [0.15, 0.2) is 5.54 Å². The number of carboxylic acid groups (broad SMARTS) is 1. The van der Waals surface area contributed by atoms with Crippen LogP contribution in [0.15, 0.2) is 78.9 Å². The maximum absolute atomic E-state index is 12.8. The summed E-state index contributed by atoms with van der Waals surface area (Å²) in [7, 11) is 0. The maximum Gasteiger partial charge on any atom is 0.407 e. The van der Waals surface area contributed by atoms with Gasteiger partial charge in [-0.3, -0.25) is 9.69 Å². The molecule has 3 aromatic rings. The number of nitrogens with one attached hydrogen (secondary N) is 2. The third kappa shape index (κ3) is 5.81. The number of carbonyl (C=O) groups is 3. The lowest BCUT2D eigenvalue weighted by Crippen LogP contribution is -2.57. The van der Waals surface area contributed by atoms with E-state index in [0.29, 0.717) is 19.5 Å². The lowest BCUT2D eigenvalue weighted by atomic mass is 9.98. The average Bonchev–Trinajstić information content (AvgIpc) is 3.47. The Hall–Kier alpha value is -4.17. The first-order valence-electron chi connectivity index (χ1n) is 13.3. The largest absolute Gasteiger partial charge is 0.479 e. The fraction of sp³-hybridized carbons (Fsp3) is 0.323. The van der Waals surface area contributed by atoms with Gasteiger partial charge in [-0.25, -0.2) is 9.59 Å². The smallest absolute Gasteiger partial charge is 0.407 e. The molecule has 0 radical (unpaired) electrons. The van der Waals surface area contributed by atoms with Crippen molar-refractivity contribution in [3.8, 4) is 11.1 Å². The Labute approximate surface area is 228 Å². The molecule has 5 rings (SSSR count). The topological polar surface area (TPSA) is 108 Å². The van der Waals surface area contributed by atoms with Crippen molar-refractivity contribution >= 4 is 18.0 Å². The predicted octanol–water partition coefficient (Wildman–Crippen LogP) is 4.15. The molecule has 202 valence electrons. The highest BCUT2D eigenvalue weighted by Crippen LogP contribution is 2.44. The van der Waals surface area contributed by atoms with Crippen molar-refractivity contribution in [2.75, 3.05) is 19.7 Å². The van der Waals surface area contributed by atoms with Crippen molar-refractivity contribution in [2.45, 2.75) is 43.8 Å². The van der Waals surface area contributed by atoms with E-state index >= 15 is 0 Å². The van der Waals surface area contributed by atoms with Crippen LogP contribution in [0.25, 0.3) is 11.1 Å². The standard InChI is InChI=1S/C31H33N3O5/c1-21(17-28(35)33-31(29(36)37)15-16-34(20-31)18-22-9-3-2-4-10-22)32-30(38)39-19-27-25-13-7-5-11-23(25)24-12-6-8-14-26(24)27/h2-14,21,27H,15-20H2,1H3,(H,32,38)(H,33,35)(H,36,37)/t21-,31?/m0/s1. The first-order valence-corrected chi connectivity index (χ1v) is 13.3. The number of ether oxygens (including phenoxy) is 1. The molecule has 8 heteroatoms. The summed E-state index contributed by atoms with van der Waals surface area (Å²) >= 11 is 0. The number of nitrogens with zero attached hydrogens (tertiary/aromatic N) is 1. The van der Waals surface area contributed by atoms with Crippen LogP contribution in [0.3, 0.4) is 0 Å². The number of carbonyl (C=O) groups excluding carboxylic acids is 2. The lowest BCUT2D eigenvalue weighted by molar-refractivity contribution is -0.147. The number of hydrogen-bond acceptors (Lipinski definition) is 5. The zero-order valence-electron chi connectivity index (χ0n) is 21.9. The van der Waals surface area contributed by atoms with Crippen LogP contribution in [-0.4, -0.2) is 59.3 Å². The van der Waals surface area contributed by atoms with Crippen LogP contribution < -0.4 is 10.6 Å². The molecule has 3 aromatic carbocycles. The Morgan fingerprint density at radius 1 is 0.974 bits per heavy atom. The molecule has 0 bridgehead atoms. The highest BCUT2D eigenvalue weighted by molar-refractivity contribution is 5.88. The van der Waals surface area contributed by atoms with E-state index in [9.17, 15) is 19.5 Å². The molecule has 1 aliphatic carbocycles. The quantitative estimate of drug-likeness (QED) is 0.386.